The summed E-state index contributed by atoms with van der Waals surface area (Å²) < 4.78 is 27.2. The average Bonchev–Trinajstić information content (AvgIpc) is 3.22. The lowest BCUT2D eigenvalue weighted by Crippen LogP contribution is -2.32. The van der Waals surface area contributed by atoms with E-state index in [1.165, 1.54) is 39.9 Å². The van der Waals surface area contributed by atoms with Crippen LogP contribution in [0.2, 0.25) is 0 Å². The number of aryl methyl sites for hydroxylation is 1. The van der Waals surface area contributed by atoms with E-state index in [2.05, 4.69) is 15.5 Å². The third kappa shape index (κ3) is 5.36. The molecule has 31 heavy (non-hydrogen) atoms. The van der Waals surface area contributed by atoms with Gasteiger partial charge in [0.1, 0.15) is 5.01 Å². The van der Waals surface area contributed by atoms with E-state index >= 15 is 0 Å². The lowest BCUT2D eigenvalue weighted by molar-refractivity contribution is 0.102. The topological polar surface area (TPSA) is 92.3 Å². The van der Waals surface area contributed by atoms with Gasteiger partial charge >= 0.3 is 0 Å². The molecule has 2 aromatic carbocycles. The maximum absolute atomic E-state index is 12.9. The average molecular weight is 459 g/mol. The summed E-state index contributed by atoms with van der Waals surface area (Å²) in [5, 5.41) is 12.1. The molecule has 1 amide bonds. The zero-order chi connectivity index (χ0) is 22.4. The van der Waals surface area contributed by atoms with Gasteiger partial charge in [-0.15, -0.1) is 10.2 Å². The number of nitrogens with one attached hydrogen (secondary N) is 1. The van der Waals surface area contributed by atoms with E-state index in [1.54, 1.807) is 0 Å². The van der Waals surface area contributed by atoms with Gasteiger partial charge in [-0.05, 0) is 49.6 Å². The fraction of sp³-hybridized carbons (Fsp3) is 0.318. The Morgan fingerprint density at radius 1 is 1.00 bits per heavy atom. The fourth-order valence-corrected chi connectivity index (χ4v) is 5.60. The second-order valence-corrected chi connectivity index (χ2v) is 10.0. The highest BCUT2D eigenvalue weighted by Gasteiger charge is 2.23. The molecule has 0 fully saturated rings. The highest BCUT2D eigenvalue weighted by molar-refractivity contribution is 7.89. The number of aromatic nitrogens is 2. The van der Waals surface area contributed by atoms with Gasteiger partial charge in [0.25, 0.3) is 5.91 Å². The smallest absolute Gasteiger partial charge is 0.257 e. The van der Waals surface area contributed by atoms with Crippen LogP contribution in [0.4, 0.5) is 5.13 Å². The maximum atomic E-state index is 12.9. The molecule has 0 saturated heterocycles. The summed E-state index contributed by atoms with van der Waals surface area (Å²) in [5.41, 5.74) is 2.40. The molecule has 0 saturated carbocycles. The van der Waals surface area contributed by atoms with Gasteiger partial charge in [0.05, 0.1) is 4.90 Å². The summed E-state index contributed by atoms with van der Waals surface area (Å²) in [7, 11) is -3.58. The molecule has 0 radical (unpaired) electrons. The lowest BCUT2D eigenvalue weighted by atomic mass is 10.1. The third-order valence-corrected chi connectivity index (χ3v) is 7.51. The van der Waals surface area contributed by atoms with Gasteiger partial charge in [-0.25, -0.2) is 8.42 Å². The van der Waals surface area contributed by atoms with Gasteiger partial charge in [0.2, 0.25) is 15.2 Å². The molecule has 0 atom stereocenters. The first kappa shape index (κ1) is 23.1. The van der Waals surface area contributed by atoms with Crippen LogP contribution in [0.3, 0.4) is 0 Å². The molecule has 3 aromatic rings. The van der Waals surface area contributed by atoms with Crippen molar-refractivity contribution in [1.29, 1.82) is 0 Å². The van der Waals surface area contributed by atoms with Gasteiger partial charge in [-0.1, -0.05) is 49.4 Å². The number of amides is 1. The largest absolute Gasteiger partial charge is 0.296 e. The predicted molar refractivity (Wildman–Crippen MR) is 124 cm³/mol. The zero-order valence-corrected chi connectivity index (χ0v) is 19.5. The molecular weight excluding hydrogens is 432 g/mol. The van der Waals surface area contributed by atoms with E-state index in [1.807, 2.05) is 45.0 Å². The van der Waals surface area contributed by atoms with Crippen molar-refractivity contribution in [1.82, 2.24) is 14.5 Å². The van der Waals surface area contributed by atoms with Crippen molar-refractivity contribution in [3.63, 3.8) is 0 Å². The predicted octanol–water partition coefficient (Wildman–Crippen LogP) is 4.58. The monoisotopic (exact) mass is 458 g/mol. The molecule has 0 unspecified atom stereocenters. The molecule has 0 aliphatic carbocycles. The number of carbonyl (C=O) groups is 1. The molecule has 1 heterocycles. The number of nitrogens with zero attached hydrogens (tertiary/aromatic N) is 3. The second kappa shape index (κ2) is 10.1. The van der Waals surface area contributed by atoms with E-state index in [0.29, 0.717) is 23.8 Å². The summed E-state index contributed by atoms with van der Waals surface area (Å²) in [5.74, 6) is -0.365. The lowest BCUT2D eigenvalue weighted by Gasteiger charge is -2.21. The summed E-state index contributed by atoms with van der Waals surface area (Å²) in [4.78, 5) is 12.8. The molecule has 3 rings (SSSR count). The van der Waals surface area contributed by atoms with Crippen LogP contribution in [-0.2, 0) is 10.0 Å². The number of rotatable bonds is 9. The minimum atomic E-state index is -3.58. The second-order valence-electron chi connectivity index (χ2n) is 7.11. The van der Waals surface area contributed by atoms with Crippen molar-refractivity contribution in [2.45, 2.75) is 38.5 Å². The number of anilines is 1. The van der Waals surface area contributed by atoms with Crippen molar-refractivity contribution in [3.8, 4) is 10.6 Å². The van der Waals surface area contributed by atoms with Crippen molar-refractivity contribution in [2.24, 2.45) is 0 Å². The minimum absolute atomic E-state index is 0.184. The molecule has 1 N–H and O–H groups in total. The number of hydrogen-bond acceptors (Lipinski definition) is 6. The first-order chi connectivity index (χ1) is 14.9. The fourth-order valence-electron chi connectivity index (χ4n) is 3.14. The van der Waals surface area contributed by atoms with Crippen molar-refractivity contribution < 1.29 is 13.2 Å². The Bertz CT molecular complexity index is 1140. The van der Waals surface area contributed by atoms with Crippen LogP contribution < -0.4 is 5.32 Å². The van der Waals surface area contributed by atoms with Gasteiger partial charge < -0.3 is 0 Å². The standard InChI is InChI=1S/C22H26N4O3S2/c1-4-14-26(15-5-2)31(28,29)18-12-10-17(11-13-18)20(27)23-22-25-24-21(30-22)19-9-7-6-8-16(19)3/h6-13H,4-5,14-15H2,1-3H3,(H,23,25,27). The molecular formula is C22H26N4O3S2. The Hall–Kier alpha value is -2.62. The van der Waals surface area contributed by atoms with Gasteiger partial charge in [0, 0.05) is 24.2 Å². The zero-order valence-electron chi connectivity index (χ0n) is 17.8. The molecule has 0 bridgehead atoms. The Kier molecular flexibility index (Phi) is 7.53. The number of hydrogen-bond donors (Lipinski definition) is 1. The first-order valence-electron chi connectivity index (χ1n) is 10.2. The van der Waals surface area contributed by atoms with Crippen molar-refractivity contribution in [3.05, 3.63) is 59.7 Å². The van der Waals surface area contributed by atoms with Gasteiger partial charge in [0.15, 0.2) is 0 Å². The quantitative estimate of drug-likeness (QED) is 0.507. The van der Waals surface area contributed by atoms with Crippen molar-refractivity contribution >= 4 is 32.4 Å². The van der Waals surface area contributed by atoms with Crippen LogP contribution in [0.15, 0.2) is 53.4 Å². The number of benzene rings is 2. The Balaban J connectivity index is 1.73. The Morgan fingerprint density at radius 2 is 1.65 bits per heavy atom. The highest BCUT2D eigenvalue weighted by atomic mass is 32.2. The van der Waals surface area contributed by atoms with E-state index in [4.69, 9.17) is 0 Å². The molecule has 1 aromatic heterocycles. The molecule has 0 spiro atoms. The Morgan fingerprint density at radius 3 is 2.26 bits per heavy atom. The molecule has 7 nitrogen and oxygen atoms in total. The SMILES string of the molecule is CCCN(CCC)S(=O)(=O)c1ccc(C(=O)Nc2nnc(-c3ccccc3C)s2)cc1. The van der Waals surface area contributed by atoms with E-state index in [0.717, 1.165) is 29.0 Å². The van der Waals surface area contributed by atoms with Gasteiger partial charge in [-0.2, -0.15) is 4.31 Å². The summed E-state index contributed by atoms with van der Waals surface area (Å²) >= 11 is 1.29. The number of carbonyl (C=O) groups excluding carboxylic acids is 1. The van der Waals surface area contributed by atoms with E-state index < -0.39 is 10.0 Å². The minimum Gasteiger partial charge on any atom is -0.296 e. The number of sulfonamides is 1. The third-order valence-electron chi connectivity index (χ3n) is 4.72. The van der Waals surface area contributed by atoms with Crippen molar-refractivity contribution in [2.75, 3.05) is 18.4 Å². The van der Waals surface area contributed by atoms with Crippen LogP contribution in [-0.4, -0.2) is 41.9 Å². The highest BCUT2D eigenvalue weighted by Crippen LogP contribution is 2.29. The summed E-state index contributed by atoms with van der Waals surface area (Å²) in [6.45, 7) is 6.83. The van der Waals surface area contributed by atoms with Crippen LogP contribution in [0, 0.1) is 6.92 Å². The van der Waals surface area contributed by atoms with E-state index in [-0.39, 0.29) is 10.8 Å². The summed E-state index contributed by atoms with van der Waals surface area (Å²) in [6, 6.07) is 13.8. The Labute approximate surface area is 187 Å². The molecule has 9 heteroatoms. The molecule has 0 aliphatic heterocycles. The normalized spacial score (nSPS) is 11.6. The van der Waals surface area contributed by atoms with Crippen LogP contribution >= 0.6 is 11.3 Å². The molecule has 164 valence electrons. The van der Waals surface area contributed by atoms with E-state index in [9.17, 15) is 13.2 Å². The first-order valence-corrected chi connectivity index (χ1v) is 12.4. The van der Waals surface area contributed by atoms with Crippen LogP contribution in [0.1, 0.15) is 42.6 Å². The van der Waals surface area contributed by atoms with Crippen LogP contribution in [0.5, 0.6) is 0 Å². The molecule has 0 aliphatic rings. The maximum Gasteiger partial charge on any atom is 0.257 e. The summed E-state index contributed by atoms with van der Waals surface area (Å²) in [6.07, 6.45) is 1.48. The van der Waals surface area contributed by atoms with Gasteiger partial charge in [-0.3, -0.25) is 10.1 Å². The van der Waals surface area contributed by atoms with Crippen LogP contribution in [0.25, 0.3) is 10.6 Å².